The molecule has 4 atom stereocenters. The van der Waals surface area contributed by atoms with Crippen molar-refractivity contribution in [1.82, 2.24) is 0 Å². The second-order valence-electron chi connectivity index (χ2n) is 5.78. The number of esters is 1. The topological polar surface area (TPSA) is 65.0 Å². The maximum Gasteiger partial charge on any atom is 0.314 e. The molecule has 0 aromatic rings. The van der Waals surface area contributed by atoms with Crippen LogP contribution < -0.4 is 0 Å². The van der Waals surface area contributed by atoms with Gasteiger partial charge in [0, 0.05) is 12.8 Å². The van der Waals surface area contributed by atoms with Gasteiger partial charge in [0.05, 0.1) is 18.1 Å². The molecule has 3 fully saturated rings. The highest BCUT2D eigenvalue weighted by Crippen LogP contribution is 2.51. The van der Waals surface area contributed by atoms with Crippen molar-refractivity contribution in [3.8, 4) is 0 Å². The number of carbonyl (C=O) groups excluding carboxylic acids is 1. The average Bonchev–Trinajstić information content (AvgIpc) is 2.89. The van der Waals surface area contributed by atoms with Gasteiger partial charge in [-0.2, -0.15) is 0 Å². The van der Waals surface area contributed by atoms with Crippen LogP contribution in [0.1, 0.15) is 33.1 Å². The summed E-state index contributed by atoms with van der Waals surface area (Å²) in [6.07, 6.45) is 1.57. The van der Waals surface area contributed by atoms with Gasteiger partial charge in [0.25, 0.3) is 0 Å². The Bertz CT molecular complexity index is 353. The molecule has 17 heavy (non-hydrogen) atoms. The van der Waals surface area contributed by atoms with E-state index in [0.29, 0.717) is 6.42 Å². The van der Waals surface area contributed by atoms with E-state index < -0.39 is 11.2 Å². The lowest BCUT2D eigenvalue weighted by Crippen LogP contribution is -2.37. The molecule has 5 nitrogen and oxygen atoms in total. The zero-order chi connectivity index (χ0) is 12.3. The lowest BCUT2D eigenvalue weighted by Gasteiger charge is -2.28. The Morgan fingerprint density at radius 1 is 1.41 bits per heavy atom. The number of aliphatic hydroxyl groups excluding tert-OH is 1. The molecule has 5 heteroatoms. The molecule has 3 saturated heterocycles. The molecule has 0 amide bonds. The second-order valence-corrected chi connectivity index (χ2v) is 5.78. The Kier molecular flexibility index (Phi) is 2.31. The van der Waals surface area contributed by atoms with Gasteiger partial charge in [0.2, 0.25) is 0 Å². The van der Waals surface area contributed by atoms with Crippen LogP contribution >= 0.6 is 0 Å². The second kappa shape index (κ2) is 3.43. The van der Waals surface area contributed by atoms with Crippen molar-refractivity contribution in [2.45, 2.75) is 57.2 Å². The summed E-state index contributed by atoms with van der Waals surface area (Å²) in [6.45, 7) is 3.71. The predicted molar refractivity (Wildman–Crippen MR) is 57.1 cm³/mol. The van der Waals surface area contributed by atoms with Crippen molar-refractivity contribution in [1.29, 1.82) is 0 Å². The quantitative estimate of drug-likeness (QED) is 0.682. The molecule has 0 unspecified atom stereocenters. The summed E-state index contributed by atoms with van der Waals surface area (Å²) in [5.74, 6) is -0.834. The largest absolute Gasteiger partial charge is 0.459 e. The molecule has 0 aromatic carbocycles. The SMILES string of the molecule is CC1(C)C(=O)O[C@H]2C[C@@]3(CC[C@@H](CO)O3)O[C@H]21. The van der Waals surface area contributed by atoms with Gasteiger partial charge in [-0.1, -0.05) is 0 Å². The highest BCUT2D eigenvalue weighted by atomic mass is 16.7. The lowest BCUT2D eigenvalue weighted by molar-refractivity contribution is -0.231. The van der Waals surface area contributed by atoms with E-state index in [0.717, 1.165) is 12.8 Å². The molecular formula is C12H18O5. The smallest absolute Gasteiger partial charge is 0.314 e. The molecule has 0 bridgehead atoms. The first-order valence-electron chi connectivity index (χ1n) is 6.14. The van der Waals surface area contributed by atoms with Crippen LogP contribution in [0.5, 0.6) is 0 Å². The minimum Gasteiger partial charge on any atom is -0.459 e. The molecule has 1 N–H and O–H groups in total. The number of aliphatic hydroxyl groups is 1. The van der Waals surface area contributed by atoms with Crippen molar-refractivity contribution >= 4 is 5.97 Å². The van der Waals surface area contributed by atoms with Crippen LogP contribution in [0.2, 0.25) is 0 Å². The van der Waals surface area contributed by atoms with Gasteiger partial charge in [-0.3, -0.25) is 4.79 Å². The van der Waals surface area contributed by atoms with E-state index in [2.05, 4.69) is 0 Å². The first-order valence-corrected chi connectivity index (χ1v) is 6.14. The van der Waals surface area contributed by atoms with E-state index in [4.69, 9.17) is 19.3 Å². The summed E-state index contributed by atoms with van der Waals surface area (Å²) in [5, 5.41) is 9.09. The minimum absolute atomic E-state index is 0.0175. The van der Waals surface area contributed by atoms with E-state index in [1.807, 2.05) is 13.8 Å². The Labute approximate surface area is 100 Å². The Morgan fingerprint density at radius 3 is 2.76 bits per heavy atom. The summed E-state index contributed by atoms with van der Waals surface area (Å²) in [6, 6.07) is 0. The lowest BCUT2D eigenvalue weighted by atomic mass is 9.87. The van der Waals surface area contributed by atoms with E-state index >= 15 is 0 Å². The minimum atomic E-state index is -0.638. The Balaban J connectivity index is 1.78. The normalized spacial score (nSPS) is 47.5. The fourth-order valence-corrected chi connectivity index (χ4v) is 3.06. The fourth-order valence-electron chi connectivity index (χ4n) is 3.06. The van der Waals surface area contributed by atoms with Crippen molar-refractivity contribution in [2.75, 3.05) is 6.61 Å². The van der Waals surface area contributed by atoms with Gasteiger partial charge in [0.15, 0.2) is 5.79 Å². The molecular weight excluding hydrogens is 224 g/mol. The van der Waals surface area contributed by atoms with Gasteiger partial charge in [-0.15, -0.1) is 0 Å². The predicted octanol–water partition coefficient (Wildman–Crippen LogP) is 0.594. The van der Waals surface area contributed by atoms with Gasteiger partial charge >= 0.3 is 5.97 Å². The van der Waals surface area contributed by atoms with E-state index in [-0.39, 0.29) is 30.9 Å². The van der Waals surface area contributed by atoms with E-state index in [1.54, 1.807) is 0 Å². The third-order valence-electron chi connectivity index (χ3n) is 4.12. The molecule has 0 saturated carbocycles. The zero-order valence-corrected chi connectivity index (χ0v) is 10.1. The summed E-state index contributed by atoms with van der Waals surface area (Å²) in [5.41, 5.74) is -0.602. The highest BCUT2D eigenvalue weighted by molar-refractivity contribution is 5.79. The molecule has 3 aliphatic rings. The van der Waals surface area contributed by atoms with Crippen molar-refractivity contribution in [3.63, 3.8) is 0 Å². The van der Waals surface area contributed by atoms with Crippen LogP contribution in [0.15, 0.2) is 0 Å². The molecule has 0 aliphatic carbocycles. The van der Waals surface area contributed by atoms with Crippen LogP contribution in [-0.4, -0.2) is 41.8 Å². The summed E-state index contributed by atoms with van der Waals surface area (Å²) in [4.78, 5) is 11.7. The van der Waals surface area contributed by atoms with Crippen molar-refractivity contribution in [3.05, 3.63) is 0 Å². The number of fused-ring (bicyclic) bond motifs is 1. The average molecular weight is 242 g/mol. The molecule has 96 valence electrons. The van der Waals surface area contributed by atoms with Gasteiger partial charge in [-0.05, 0) is 20.3 Å². The van der Waals surface area contributed by atoms with Gasteiger partial charge in [0.1, 0.15) is 12.2 Å². The standard InChI is InChI=1S/C12H18O5/c1-11(2)9-8(15-10(11)14)5-12(17-9)4-3-7(6-13)16-12/h7-9,13H,3-6H2,1-2H3/t7-,8-,9+,12+/m0/s1. The monoisotopic (exact) mass is 242 g/mol. The summed E-state index contributed by atoms with van der Waals surface area (Å²) < 4.78 is 17.1. The third-order valence-corrected chi connectivity index (χ3v) is 4.12. The number of hydrogen-bond acceptors (Lipinski definition) is 5. The Morgan fingerprint density at radius 2 is 2.18 bits per heavy atom. The van der Waals surface area contributed by atoms with Crippen LogP contribution in [0, 0.1) is 5.41 Å². The molecule has 1 spiro atoms. The fraction of sp³-hybridized carbons (Fsp3) is 0.917. The molecule has 0 aromatic heterocycles. The maximum atomic E-state index is 11.7. The van der Waals surface area contributed by atoms with Crippen LogP contribution in [0.25, 0.3) is 0 Å². The number of carbonyl (C=O) groups is 1. The summed E-state index contributed by atoms with van der Waals surface area (Å²) in [7, 11) is 0. The molecule has 3 aliphatic heterocycles. The van der Waals surface area contributed by atoms with Crippen LogP contribution in [-0.2, 0) is 19.0 Å². The molecule has 0 radical (unpaired) electrons. The van der Waals surface area contributed by atoms with E-state index in [1.165, 1.54) is 0 Å². The molecule has 3 heterocycles. The van der Waals surface area contributed by atoms with Gasteiger partial charge in [-0.25, -0.2) is 0 Å². The third kappa shape index (κ3) is 1.53. The van der Waals surface area contributed by atoms with Crippen molar-refractivity contribution in [2.24, 2.45) is 5.41 Å². The number of hydrogen-bond donors (Lipinski definition) is 1. The van der Waals surface area contributed by atoms with E-state index in [9.17, 15) is 4.79 Å². The molecule has 3 rings (SSSR count). The Hall–Kier alpha value is -0.650. The number of rotatable bonds is 1. The zero-order valence-electron chi connectivity index (χ0n) is 10.1. The first kappa shape index (κ1) is 11.4. The highest BCUT2D eigenvalue weighted by Gasteiger charge is 2.63. The van der Waals surface area contributed by atoms with Crippen LogP contribution in [0.3, 0.4) is 0 Å². The van der Waals surface area contributed by atoms with Crippen molar-refractivity contribution < 1.29 is 24.1 Å². The maximum absolute atomic E-state index is 11.7. The van der Waals surface area contributed by atoms with Crippen LogP contribution in [0.4, 0.5) is 0 Å². The summed E-state index contributed by atoms with van der Waals surface area (Å²) >= 11 is 0. The van der Waals surface area contributed by atoms with Gasteiger partial charge < -0.3 is 19.3 Å². The first-order chi connectivity index (χ1) is 7.97. The number of ether oxygens (including phenoxy) is 3.